The van der Waals surface area contributed by atoms with Crippen LogP contribution in [0.25, 0.3) is 0 Å². The van der Waals surface area contributed by atoms with E-state index >= 15 is 0 Å². The minimum Gasteiger partial charge on any atom is -0.510 e. The Labute approximate surface area is 146 Å². The van der Waals surface area contributed by atoms with Crippen molar-refractivity contribution in [2.24, 2.45) is 10.2 Å². The average Bonchev–Trinajstić information content (AvgIpc) is 2.57. The summed E-state index contributed by atoms with van der Waals surface area (Å²) in [4.78, 5) is 12.4. The van der Waals surface area contributed by atoms with E-state index in [0.29, 0.717) is 17.1 Å². The highest BCUT2D eigenvalue weighted by Gasteiger charge is 2.14. The van der Waals surface area contributed by atoms with E-state index in [1.165, 1.54) is 14.0 Å². The Bertz CT molecular complexity index is 838. The first kappa shape index (κ1) is 18.2. The molecule has 2 rings (SSSR count). The molecule has 0 aliphatic rings. The van der Waals surface area contributed by atoms with Gasteiger partial charge < -0.3 is 15.2 Å². The normalized spacial score (nSPS) is 12.0. The molecule has 0 unspecified atom stereocenters. The molecule has 25 heavy (non-hydrogen) atoms. The fourth-order valence-corrected chi connectivity index (χ4v) is 2.15. The number of aliphatic hydroxyl groups excluding tert-OH is 1. The lowest BCUT2D eigenvalue weighted by atomic mass is 10.2. The number of methoxy groups -OCH3 is 1. The van der Waals surface area contributed by atoms with Crippen LogP contribution in [0.3, 0.4) is 0 Å². The molecule has 0 saturated carbocycles. The first-order valence-corrected chi connectivity index (χ1v) is 7.75. The maximum Gasteiger partial charge on any atom is 0.279 e. The molecule has 2 aromatic carbocycles. The smallest absolute Gasteiger partial charge is 0.279 e. The highest BCUT2D eigenvalue weighted by Crippen LogP contribution is 2.29. The molecule has 0 saturated heterocycles. The van der Waals surface area contributed by atoms with Crippen LogP contribution in [0.1, 0.15) is 18.1 Å². The number of rotatable bonds is 5. The van der Waals surface area contributed by atoms with Crippen LogP contribution in [-0.2, 0) is 4.79 Å². The van der Waals surface area contributed by atoms with E-state index in [9.17, 15) is 9.90 Å². The summed E-state index contributed by atoms with van der Waals surface area (Å²) in [5.74, 6) is -0.219. The molecule has 0 spiro atoms. The lowest BCUT2D eigenvalue weighted by Gasteiger charge is -2.09. The van der Waals surface area contributed by atoms with Gasteiger partial charge in [-0.1, -0.05) is 24.3 Å². The molecular weight excluding hydrogens is 318 g/mol. The standard InChI is InChI=1S/C19H21N3O3/c1-12-9-10-16(17(11-12)25-4)21-22-18(14(3)23)19(24)20-15-8-6-5-7-13(15)2/h5-11,23H,1-4H3,(H,20,24). The number of nitrogens with zero attached hydrogens (tertiary/aromatic N) is 2. The molecule has 0 heterocycles. The van der Waals surface area contributed by atoms with Crippen LogP contribution in [-0.4, -0.2) is 18.1 Å². The number of carbonyl (C=O) groups is 1. The fourth-order valence-electron chi connectivity index (χ4n) is 2.15. The van der Waals surface area contributed by atoms with Crippen molar-refractivity contribution in [2.45, 2.75) is 20.8 Å². The molecule has 0 bridgehead atoms. The highest BCUT2D eigenvalue weighted by atomic mass is 16.5. The summed E-state index contributed by atoms with van der Waals surface area (Å²) in [7, 11) is 1.53. The number of aryl methyl sites for hydroxylation is 2. The lowest BCUT2D eigenvalue weighted by Crippen LogP contribution is -2.15. The number of amides is 1. The molecule has 130 valence electrons. The molecule has 0 aromatic heterocycles. The van der Waals surface area contributed by atoms with Gasteiger partial charge in [-0.15, -0.1) is 10.2 Å². The van der Waals surface area contributed by atoms with E-state index in [2.05, 4.69) is 15.5 Å². The lowest BCUT2D eigenvalue weighted by molar-refractivity contribution is -0.113. The van der Waals surface area contributed by atoms with Gasteiger partial charge in [0.05, 0.1) is 7.11 Å². The summed E-state index contributed by atoms with van der Waals surface area (Å²) < 4.78 is 5.26. The Balaban J connectivity index is 2.26. The van der Waals surface area contributed by atoms with Crippen LogP contribution in [0.2, 0.25) is 0 Å². The van der Waals surface area contributed by atoms with Gasteiger partial charge >= 0.3 is 0 Å². The van der Waals surface area contributed by atoms with Crippen molar-refractivity contribution in [3.8, 4) is 5.75 Å². The van der Waals surface area contributed by atoms with E-state index in [4.69, 9.17) is 4.74 Å². The molecule has 0 fully saturated rings. The van der Waals surface area contributed by atoms with E-state index in [1.54, 1.807) is 12.1 Å². The molecule has 1 amide bonds. The summed E-state index contributed by atoms with van der Waals surface area (Å²) in [5.41, 5.74) is 2.88. The number of nitrogens with one attached hydrogen (secondary N) is 1. The van der Waals surface area contributed by atoms with Gasteiger partial charge in [0.15, 0.2) is 5.70 Å². The third-order valence-electron chi connectivity index (χ3n) is 3.54. The minimum atomic E-state index is -0.538. The quantitative estimate of drug-likeness (QED) is 0.465. The number of hydrogen-bond acceptors (Lipinski definition) is 5. The molecule has 0 radical (unpaired) electrons. The van der Waals surface area contributed by atoms with Crippen molar-refractivity contribution in [3.63, 3.8) is 0 Å². The number of aliphatic hydroxyl groups is 1. The van der Waals surface area contributed by atoms with E-state index in [0.717, 1.165) is 11.1 Å². The maximum absolute atomic E-state index is 12.4. The van der Waals surface area contributed by atoms with Crippen molar-refractivity contribution < 1.29 is 14.6 Å². The summed E-state index contributed by atoms with van der Waals surface area (Å²) in [6.07, 6.45) is 0. The predicted octanol–water partition coefficient (Wildman–Crippen LogP) is 4.82. The molecule has 0 aliphatic heterocycles. The number of allylic oxidation sites excluding steroid dienone is 1. The molecule has 0 aliphatic carbocycles. The molecule has 6 heteroatoms. The zero-order valence-corrected chi connectivity index (χ0v) is 14.7. The Morgan fingerprint density at radius 2 is 1.88 bits per heavy atom. The number of benzene rings is 2. The Morgan fingerprint density at radius 1 is 1.16 bits per heavy atom. The summed E-state index contributed by atoms with van der Waals surface area (Å²) in [6.45, 7) is 5.20. The molecule has 6 nitrogen and oxygen atoms in total. The first-order chi connectivity index (χ1) is 11.9. The summed E-state index contributed by atoms with van der Waals surface area (Å²) >= 11 is 0. The number of ether oxygens (including phenoxy) is 1. The first-order valence-electron chi connectivity index (χ1n) is 7.75. The van der Waals surface area contributed by atoms with E-state index in [1.807, 2.05) is 44.2 Å². The second-order valence-electron chi connectivity index (χ2n) is 5.58. The van der Waals surface area contributed by atoms with Crippen LogP contribution < -0.4 is 10.1 Å². The van der Waals surface area contributed by atoms with Crippen molar-refractivity contribution in [1.29, 1.82) is 0 Å². The third kappa shape index (κ3) is 4.67. The summed E-state index contributed by atoms with van der Waals surface area (Å²) in [5, 5.41) is 20.5. The van der Waals surface area contributed by atoms with Gasteiger partial charge in [-0.2, -0.15) is 0 Å². The molecule has 2 aromatic rings. The Morgan fingerprint density at radius 3 is 2.52 bits per heavy atom. The molecular formula is C19H21N3O3. The third-order valence-corrected chi connectivity index (χ3v) is 3.54. The van der Waals surface area contributed by atoms with Crippen LogP contribution in [0.5, 0.6) is 5.75 Å². The van der Waals surface area contributed by atoms with E-state index < -0.39 is 5.91 Å². The minimum absolute atomic E-state index is 0.161. The number of anilines is 1. The van der Waals surface area contributed by atoms with Gasteiger partial charge in [-0.05, 0) is 50.1 Å². The highest BCUT2D eigenvalue weighted by molar-refractivity contribution is 6.04. The van der Waals surface area contributed by atoms with Crippen molar-refractivity contribution >= 4 is 17.3 Å². The van der Waals surface area contributed by atoms with Gasteiger partial charge in [-0.25, -0.2) is 0 Å². The van der Waals surface area contributed by atoms with Crippen LogP contribution in [0, 0.1) is 13.8 Å². The number of hydrogen-bond donors (Lipinski definition) is 2. The van der Waals surface area contributed by atoms with Crippen LogP contribution >= 0.6 is 0 Å². The number of azo groups is 1. The SMILES string of the molecule is COc1cc(C)ccc1N=NC(C(=O)Nc1ccccc1C)=C(C)O. The average molecular weight is 339 g/mol. The second kappa shape index (κ2) is 8.10. The molecule has 0 atom stereocenters. The van der Waals surface area contributed by atoms with E-state index in [-0.39, 0.29) is 11.5 Å². The van der Waals surface area contributed by atoms with Crippen molar-refractivity contribution in [2.75, 3.05) is 12.4 Å². The number of carbonyl (C=O) groups excluding carboxylic acids is 1. The zero-order chi connectivity index (χ0) is 18.4. The Kier molecular flexibility index (Phi) is 5.89. The van der Waals surface area contributed by atoms with Crippen molar-refractivity contribution in [3.05, 3.63) is 65.0 Å². The predicted molar refractivity (Wildman–Crippen MR) is 97.4 cm³/mol. The van der Waals surface area contributed by atoms with Gasteiger partial charge in [-0.3, -0.25) is 4.79 Å². The second-order valence-corrected chi connectivity index (χ2v) is 5.58. The maximum atomic E-state index is 12.4. The summed E-state index contributed by atoms with van der Waals surface area (Å²) in [6, 6.07) is 12.8. The largest absolute Gasteiger partial charge is 0.510 e. The van der Waals surface area contributed by atoms with Gasteiger partial charge in [0.1, 0.15) is 17.2 Å². The van der Waals surface area contributed by atoms with Crippen LogP contribution in [0.4, 0.5) is 11.4 Å². The topological polar surface area (TPSA) is 83.3 Å². The molecule has 2 N–H and O–H groups in total. The van der Waals surface area contributed by atoms with Crippen molar-refractivity contribution in [1.82, 2.24) is 0 Å². The monoisotopic (exact) mass is 339 g/mol. The van der Waals surface area contributed by atoms with Crippen LogP contribution in [0.15, 0.2) is 64.1 Å². The van der Waals surface area contributed by atoms with Gasteiger partial charge in [0, 0.05) is 5.69 Å². The van der Waals surface area contributed by atoms with Gasteiger partial charge in [0.25, 0.3) is 5.91 Å². The Hall–Kier alpha value is -3.15. The number of para-hydroxylation sites is 1. The van der Waals surface area contributed by atoms with Gasteiger partial charge in [0.2, 0.25) is 0 Å². The zero-order valence-electron chi connectivity index (χ0n) is 14.7. The fraction of sp³-hybridized carbons (Fsp3) is 0.211.